The molecule has 0 bridgehead atoms. The Hall–Kier alpha value is -3.31. The van der Waals surface area contributed by atoms with Crippen LogP contribution in [0.2, 0.25) is 5.02 Å². The van der Waals surface area contributed by atoms with Crippen LogP contribution in [0.25, 0.3) is 0 Å². The lowest BCUT2D eigenvalue weighted by atomic mass is 10.2. The van der Waals surface area contributed by atoms with E-state index < -0.39 is 0 Å². The van der Waals surface area contributed by atoms with Crippen LogP contribution in [0.4, 0.5) is 0 Å². The quantitative estimate of drug-likeness (QED) is 0.467. The third-order valence-corrected chi connectivity index (χ3v) is 4.35. The molecule has 1 amide bonds. The van der Waals surface area contributed by atoms with Gasteiger partial charge in [0.25, 0.3) is 5.91 Å². The summed E-state index contributed by atoms with van der Waals surface area (Å²) in [5, 5.41) is 4.69. The molecule has 1 N–H and O–H groups in total. The van der Waals surface area contributed by atoms with Crippen molar-refractivity contribution in [1.29, 1.82) is 0 Å². The standard InChI is InChI=1S/C22H19ClN2O3/c1-27-19-12-10-16(11-13-19)22(26)25-24-14-17-6-3-5-9-21(17)28-15-18-7-2-4-8-20(18)23/h2-14H,15H2,1H3,(H,25,26). The van der Waals surface area contributed by atoms with Crippen molar-refractivity contribution in [3.8, 4) is 11.5 Å². The molecule has 0 heterocycles. The maximum Gasteiger partial charge on any atom is 0.271 e. The van der Waals surface area contributed by atoms with Crippen LogP contribution in [-0.4, -0.2) is 19.2 Å². The van der Waals surface area contributed by atoms with Gasteiger partial charge in [-0.1, -0.05) is 41.9 Å². The van der Waals surface area contributed by atoms with Crippen LogP contribution in [-0.2, 0) is 6.61 Å². The molecule has 0 aliphatic carbocycles. The molecule has 0 aliphatic heterocycles. The van der Waals surface area contributed by atoms with E-state index >= 15 is 0 Å². The number of hydrogen-bond donors (Lipinski definition) is 1. The highest BCUT2D eigenvalue weighted by Crippen LogP contribution is 2.21. The zero-order chi connectivity index (χ0) is 19.8. The Labute approximate surface area is 168 Å². The zero-order valence-corrected chi connectivity index (χ0v) is 16.0. The van der Waals surface area contributed by atoms with Gasteiger partial charge in [-0.05, 0) is 42.5 Å². The van der Waals surface area contributed by atoms with Gasteiger partial charge in [-0.3, -0.25) is 4.79 Å². The summed E-state index contributed by atoms with van der Waals surface area (Å²) in [6, 6.07) is 21.7. The van der Waals surface area contributed by atoms with Crippen LogP contribution in [0.5, 0.6) is 11.5 Å². The Morgan fingerprint density at radius 1 is 1.04 bits per heavy atom. The first-order valence-corrected chi connectivity index (χ1v) is 8.98. The van der Waals surface area contributed by atoms with Crippen LogP contribution >= 0.6 is 11.6 Å². The number of para-hydroxylation sites is 1. The van der Waals surface area contributed by atoms with Gasteiger partial charge in [0.05, 0.1) is 13.3 Å². The minimum Gasteiger partial charge on any atom is -0.497 e. The maximum absolute atomic E-state index is 12.2. The van der Waals surface area contributed by atoms with Crippen molar-refractivity contribution in [2.24, 2.45) is 5.10 Å². The van der Waals surface area contributed by atoms with Crippen molar-refractivity contribution < 1.29 is 14.3 Å². The van der Waals surface area contributed by atoms with E-state index in [2.05, 4.69) is 10.5 Å². The molecule has 5 nitrogen and oxygen atoms in total. The van der Waals surface area contributed by atoms with E-state index in [1.165, 1.54) is 0 Å². The smallest absolute Gasteiger partial charge is 0.271 e. The number of amides is 1. The molecule has 0 fully saturated rings. The number of carbonyl (C=O) groups excluding carboxylic acids is 1. The van der Waals surface area contributed by atoms with Crippen molar-refractivity contribution in [2.75, 3.05) is 7.11 Å². The summed E-state index contributed by atoms with van der Waals surface area (Å²) in [4.78, 5) is 12.2. The van der Waals surface area contributed by atoms with Crippen LogP contribution in [0.1, 0.15) is 21.5 Å². The summed E-state index contributed by atoms with van der Waals surface area (Å²) >= 11 is 6.16. The molecule has 0 radical (unpaired) electrons. The molecule has 0 spiro atoms. The molecular formula is C22H19ClN2O3. The van der Waals surface area contributed by atoms with Crippen molar-refractivity contribution in [2.45, 2.75) is 6.61 Å². The molecule has 0 aromatic heterocycles. The van der Waals surface area contributed by atoms with Crippen molar-refractivity contribution in [3.63, 3.8) is 0 Å². The lowest BCUT2D eigenvalue weighted by molar-refractivity contribution is 0.0955. The third kappa shape index (κ3) is 5.11. The van der Waals surface area contributed by atoms with Crippen LogP contribution in [0.15, 0.2) is 77.9 Å². The predicted octanol–water partition coefficient (Wildman–Crippen LogP) is 4.69. The second-order valence-corrected chi connectivity index (χ2v) is 6.25. The van der Waals surface area contributed by atoms with Gasteiger partial charge in [0, 0.05) is 21.7 Å². The fraction of sp³-hybridized carbons (Fsp3) is 0.0909. The number of nitrogens with zero attached hydrogens (tertiary/aromatic N) is 1. The normalized spacial score (nSPS) is 10.6. The summed E-state index contributed by atoms with van der Waals surface area (Å²) < 4.78 is 10.9. The van der Waals surface area contributed by atoms with E-state index in [1.54, 1.807) is 37.6 Å². The molecule has 6 heteroatoms. The predicted molar refractivity (Wildman–Crippen MR) is 110 cm³/mol. The number of hydrogen-bond acceptors (Lipinski definition) is 4. The van der Waals surface area contributed by atoms with Gasteiger partial charge in [0.1, 0.15) is 18.1 Å². The number of ether oxygens (including phenoxy) is 2. The molecule has 0 saturated carbocycles. The van der Waals surface area contributed by atoms with E-state index in [0.29, 0.717) is 28.7 Å². The average molecular weight is 395 g/mol. The SMILES string of the molecule is COc1ccc(C(=O)NN=Cc2ccccc2OCc2ccccc2Cl)cc1. The van der Waals surface area contributed by atoms with Crippen molar-refractivity contribution in [1.82, 2.24) is 5.43 Å². The minimum absolute atomic E-state index is 0.312. The molecule has 0 saturated heterocycles. The van der Waals surface area contributed by atoms with E-state index in [-0.39, 0.29) is 5.91 Å². The Kier molecular flexibility index (Phi) is 6.65. The Bertz CT molecular complexity index is 972. The Morgan fingerprint density at radius 2 is 1.75 bits per heavy atom. The highest BCUT2D eigenvalue weighted by Gasteiger charge is 2.06. The highest BCUT2D eigenvalue weighted by atomic mass is 35.5. The van der Waals surface area contributed by atoms with Gasteiger partial charge >= 0.3 is 0 Å². The highest BCUT2D eigenvalue weighted by molar-refractivity contribution is 6.31. The first kappa shape index (κ1) is 19.5. The second-order valence-electron chi connectivity index (χ2n) is 5.85. The molecule has 0 atom stereocenters. The average Bonchev–Trinajstić information content (AvgIpc) is 2.74. The summed E-state index contributed by atoms with van der Waals surface area (Å²) in [6.45, 7) is 0.336. The third-order valence-electron chi connectivity index (χ3n) is 3.98. The van der Waals surface area contributed by atoms with Crippen molar-refractivity contribution in [3.05, 3.63) is 94.5 Å². The Morgan fingerprint density at radius 3 is 2.50 bits per heavy atom. The molecule has 3 aromatic carbocycles. The van der Waals surface area contributed by atoms with Crippen LogP contribution in [0, 0.1) is 0 Å². The number of hydrazone groups is 1. The summed E-state index contributed by atoms with van der Waals surface area (Å²) in [5.74, 6) is 1.02. The van der Waals surface area contributed by atoms with Gasteiger partial charge in [-0.2, -0.15) is 5.10 Å². The molecule has 3 rings (SSSR count). The maximum atomic E-state index is 12.2. The van der Waals surface area contributed by atoms with Crippen LogP contribution < -0.4 is 14.9 Å². The largest absolute Gasteiger partial charge is 0.497 e. The Balaban J connectivity index is 1.63. The number of carbonyl (C=O) groups is 1. The number of methoxy groups -OCH3 is 1. The molecule has 0 unspecified atom stereocenters. The van der Waals surface area contributed by atoms with E-state index in [9.17, 15) is 4.79 Å². The fourth-order valence-electron chi connectivity index (χ4n) is 2.46. The molecule has 28 heavy (non-hydrogen) atoms. The van der Waals surface area contributed by atoms with Gasteiger partial charge in [0.2, 0.25) is 0 Å². The van der Waals surface area contributed by atoms with E-state index in [0.717, 1.165) is 11.1 Å². The molecule has 0 aliphatic rings. The first-order valence-electron chi connectivity index (χ1n) is 8.60. The van der Waals surface area contributed by atoms with Crippen LogP contribution in [0.3, 0.4) is 0 Å². The molecule has 3 aromatic rings. The summed E-state index contributed by atoms with van der Waals surface area (Å²) in [7, 11) is 1.57. The van der Waals surface area contributed by atoms with Gasteiger partial charge in [0.15, 0.2) is 0 Å². The van der Waals surface area contributed by atoms with Crippen molar-refractivity contribution >= 4 is 23.7 Å². The summed E-state index contributed by atoms with van der Waals surface area (Å²) in [6.07, 6.45) is 1.54. The van der Waals surface area contributed by atoms with Gasteiger partial charge in [-0.15, -0.1) is 0 Å². The first-order chi connectivity index (χ1) is 13.7. The van der Waals surface area contributed by atoms with E-state index in [4.69, 9.17) is 21.1 Å². The van der Waals surface area contributed by atoms with E-state index in [1.807, 2.05) is 48.5 Å². The fourth-order valence-corrected chi connectivity index (χ4v) is 2.65. The lowest BCUT2D eigenvalue weighted by Crippen LogP contribution is -2.17. The lowest BCUT2D eigenvalue weighted by Gasteiger charge is -2.10. The number of rotatable bonds is 7. The topological polar surface area (TPSA) is 59.9 Å². The summed E-state index contributed by atoms with van der Waals surface area (Å²) in [5.41, 5.74) is 4.63. The number of halogens is 1. The van der Waals surface area contributed by atoms with Gasteiger partial charge < -0.3 is 9.47 Å². The molecule has 142 valence electrons. The number of nitrogens with one attached hydrogen (secondary N) is 1. The second kappa shape index (κ2) is 9.58. The monoisotopic (exact) mass is 394 g/mol. The zero-order valence-electron chi connectivity index (χ0n) is 15.3. The van der Waals surface area contributed by atoms with Gasteiger partial charge in [-0.25, -0.2) is 5.43 Å². The molecular weight excluding hydrogens is 376 g/mol. The minimum atomic E-state index is -0.312. The number of benzene rings is 3.